The lowest BCUT2D eigenvalue weighted by atomic mass is 10.1. The van der Waals surface area contributed by atoms with Crippen LogP contribution >= 0.6 is 0 Å². The zero-order valence-corrected chi connectivity index (χ0v) is 22.5. The predicted octanol–water partition coefficient (Wildman–Crippen LogP) is 3.80. The number of rotatable bonds is 2. The van der Waals surface area contributed by atoms with E-state index in [1.807, 2.05) is 42.8 Å². The minimum atomic E-state index is -0.197. The predicted molar refractivity (Wildman–Crippen MR) is 147 cm³/mol. The Labute approximate surface area is 219 Å². The van der Waals surface area contributed by atoms with Crippen molar-refractivity contribution in [2.75, 3.05) is 50.1 Å². The number of carbonyl (C=O) groups is 1. The molecule has 2 bridgehead atoms. The topological polar surface area (TPSA) is 92.2 Å². The van der Waals surface area contributed by atoms with E-state index in [-0.39, 0.29) is 18.0 Å². The minimum absolute atomic E-state index is 0.0632. The molecule has 5 rings (SSSR count). The third-order valence-corrected chi connectivity index (χ3v) is 7.63. The van der Waals surface area contributed by atoms with E-state index in [1.165, 1.54) is 0 Å². The second-order valence-corrected chi connectivity index (χ2v) is 10.5. The number of benzene rings is 1. The minimum Gasteiger partial charge on any atom is -0.493 e. The van der Waals surface area contributed by atoms with Gasteiger partial charge in [0.2, 0.25) is 0 Å². The summed E-state index contributed by atoms with van der Waals surface area (Å²) in [5.74, 6) is 2.52. The molecule has 2 atom stereocenters. The highest BCUT2D eigenvalue weighted by molar-refractivity contribution is 5.97. The monoisotopic (exact) mass is 505 g/mol. The molecule has 2 aromatic heterocycles. The van der Waals surface area contributed by atoms with Crippen molar-refractivity contribution in [3.05, 3.63) is 47.2 Å². The summed E-state index contributed by atoms with van der Waals surface area (Å²) in [5.41, 5.74) is 9.46. The second-order valence-electron chi connectivity index (χ2n) is 10.5. The van der Waals surface area contributed by atoms with Crippen molar-refractivity contribution in [1.29, 1.82) is 0 Å². The summed E-state index contributed by atoms with van der Waals surface area (Å²) < 4.78 is 8.04. The lowest BCUT2D eigenvalue weighted by Crippen LogP contribution is -2.32. The molecule has 0 saturated carbocycles. The van der Waals surface area contributed by atoms with Crippen LogP contribution in [0.5, 0.6) is 5.75 Å². The van der Waals surface area contributed by atoms with E-state index in [9.17, 15) is 4.79 Å². The molecule has 198 valence electrons. The molecule has 0 spiro atoms. The Morgan fingerprint density at radius 1 is 1.11 bits per heavy atom. The zero-order valence-electron chi connectivity index (χ0n) is 22.5. The Balaban J connectivity index is 1.59. The third kappa shape index (κ3) is 5.09. The van der Waals surface area contributed by atoms with Gasteiger partial charge in [0, 0.05) is 51.9 Å². The lowest BCUT2D eigenvalue weighted by molar-refractivity contribution is 0.0718. The van der Waals surface area contributed by atoms with E-state index in [0.29, 0.717) is 17.9 Å². The van der Waals surface area contributed by atoms with Gasteiger partial charge in [0.1, 0.15) is 17.4 Å². The maximum atomic E-state index is 13.8. The average molecular weight is 506 g/mol. The van der Waals surface area contributed by atoms with Crippen LogP contribution in [0.25, 0.3) is 5.65 Å². The highest BCUT2D eigenvalue weighted by Crippen LogP contribution is 2.31. The standard InChI is InChI=1S/C28H39N7O2/c1-5-23-22-16-26-30-25(34-13-11-20(29)18-34)17-27(35(26)31-22)32(3)12-7-6-8-14-37-24-10-9-19(2)15-21(24)28(36)33(23)4/h9-10,15-17,20,23H,5-8,11-14,18,29H2,1-4H3/t20-,23?/m1/s1. The Morgan fingerprint density at radius 3 is 2.70 bits per heavy atom. The molecular formula is C28H39N7O2. The van der Waals surface area contributed by atoms with Gasteiger partial charge in [0.15, 0.2) is 5.65 Å². The number of anilines is 2. The lowest BCUT2D eigenvalue weighted by Gasteiger charge is -2.27. The fourth-order valence-corrected chi connectivity index (χ4v) is 5.43. The van der Waals surface area contributed by atoms with E-state index in [0.717, 1.165) is 80.3 Å². The van der Waals surface area contributed by atoms with Crippen molar-refractivity contribution in [2.24, 2.45) is 5.73 Å². The highest BCUT2D eigenvalue weighted by atomic mass is 16.5. The van der Waals surface area contributed by atoms with Gasteiger partial charge < -0.3 is 25.2 Å². The number of ether oxygens (including phenoxy) is 1. The van der Waals surface area contributed by atoms with E-state index in [1.54, 1.807) is 4.90 Å². The van der Waals surface area contributed by atoms with Crippen LogP contribution in [-0.2, 0) is 0 Å². The van der Waals surface area contributed by atoms with Crippen molar-refractivity contribution in [3.8, 4) is 5.75 Å². The van der Waals surface area contributed by atoms with Crippen molar-refractivity contribution < 1.29 is 9.53 Å². The average Bonchev–Trinajstić information content (AvgIpc) is 3.51. The van der Waals surface area contributed by atoms with Gasteiger partial charge in [-0.15, -0.1) is 0 Å². The smallest absolute Gasteiger partial charge is 0.257 e. The van der Waals surface area contributed by atoms with Crippen molar-refractivity contribution in [2.45, 2.75) is 58.0 Å². The molecule has 0 aliphatic carbocycles. The van der Waals surface area contributed by atoms with E-state index in [2.05, 4.69) is 29.8 Å². The van der Waals surface area contributed by atoms with Gasteiger partial charge >= 0.3 is 0 Å². The molecule has 4 heterocycles. The van der Waals surface area contributed by atoms with Gasteiger partial charge in [0.25, 0.3) is 5.91 Å². The van der Waals surface area contributed by atoms with Gasteiger partial charge in [-0.3, -0.25) is 4.79 Å². The fraction of sp³-hybridized carbons (Fsp3) is 0.536. The van der Waals surface area contributed by atoms with Gasteiger partial charge in [0.05, 0.1) is 23.9 Å². The van der Waals surface area contributed by atoms with Crippen LogP contribution < -0.4 is 20.3 Å². The van der Waals surface area contributed by atoms with Crippen LogP contribution in [0.2, 0.25) is 0 Å². The second kappa shape index (κ2) is 10.6. The van der Waals surface area contributed by atoms with Gasteiger partial charge in [-0.2, -0.15) is 9.61 Å². The van der Waals surface area contributed by atoms with Crippen LogP contribution in [0.3, 0.4) is 0 Å². The number of fused-ring (bicyclic) bond motifs is 2. The number of aromatic nitrogens is 3. The summed E-state index contributed by atoms with van der Waals surface area (Å²) in [5, 5.41) is 5.01. The highest BCUT2D eigenvalue weighted by Gasteiger charge is 2.28. The molecule has 37 heavy (non-hydrogen) atoms. The van der Waals surface area contributed by atoms with E-state index >= 15 is 0 Å². The van der Waals surface area contributed by atoms with E-state index in [4.69, 9.17) is 20.6 Å². The van der Waals surface area contributed by atoms with Crippen LogP contribution in [0.15, 0.2) is 30.3 Å². The molecule has 1 aromatic carbocycles. The maximum absolute atomic E-state index is 13.8. The molecule has 1 amide bonds. The Hall–Kier alpha value is -3.33. The first-order valence-electron chi connectivity index (χ1n) is 13.5. The SMILES string of the molecule is CCC1c2cc3nc(N4CC[C@@H](N)C4)cc(n3n2)N(C)CCCCCOc2ccc(C)cc2C(=O)N1C. The Bertz CT molecular complexity index is 1270. The summed E-state index contributed by atoms with van der Waals surface area (Å²) in [6.07, 6.45) is 4.69. The first-order valence-corrected chi connectivity index (χ1v) is 13.5. The number of hydrogen-bond donors (Lipinski definition) is 1. The molecular weight excluding hydrogens is 466 g/mol. The van der Waals surface area contributed by atoms with Crippen molar-refractivity contribution in [1.82, 2.24) is 19.5 Å². The normalized spacial score (nSPS) is 21.5. The number of hydrogen-bond acceptors (Lipinski definition) is 7. The van der Waals surface area contributed by atoms with Gasteiger partial charge in [-0.05, 0) is 51.2 Å². The molecule has 2 aliphatic rings. The molecule has 2 aliphatic heterocycles. The van der Waals surface area contributed by atoms with Crippen LogP contribution in [0, 0.1) is 6.92 Å². The maximum Gasteiger partial charge on any atom is 0.257 e. The molecule has 1 fully saturated rings. The number of aryl methyl sites for hydroxylation is 1. The molecule has 9 nitrogen and oxygen atoms in total. The van der Waals surface area contributed by atoms with Crippen LogP contribution in [-0.4, -0.2) is 71.8 Å². The largest absolute Gasteiger partial charge is 0.493 e. The fourth-order valence-electron chi connectivity index (χ4n) is 5.43. The number of nitrogens with zero attached hydrogens (tertiary/aromatic N) is 6. The van der Waals surface area contributed by atoms with E-state index < -0.39 is 0 Å². The molecule has 9 heteroatoms. The summed E-state index contributed by atoms with van der Waals surface area (Å²) in [4.78, 5) is 25.1. The number of amides is 1. The third-order valence-electron chi connectivity index (χ3n) is 7.63. The molecule has 1 saturated heterocycles. The molecule has 3 aromatic rings. The summed E-state index contributed by atoms with van der Waals surface area (Å²) in [7, 11) is 3.97. The van der Waals surface area contributed by atoms with Gasteiger partial charge in [-0.1, -0.05) is 18.6 Å². The summed E-state index contributed by atoms with van der Waals surface area (Å²) in [6.45, 7) is 7.29. The Kier molecular flexibility index (Phi) is 7.24. The number of nitrogens with two attached hydrogens (primary N) is 1. The first kappa shape index (κ1) is 25.3. The zero-order chi connectivity index (χ0) is 26.1. The van der Waals surface area contributed by atoms with Crippen molar-refractivity contribution >= 4 is 23.2 Å². The first-order chi connectivity index (χ1) is 17.9. The summed E-state index contributed by atoms with van der Waals surface area (Å²) >= 11 is 0. The molecule has 2 N–H and O–H groups in total. The summed E-state index contributed by atoms with van der Waals surface area (Å²) in [6, 6.07) is 9.97. The number of carbonyl (C=O) groups excluding carboxylic acids is 1. The molecule has 0 radical (unpaired) electrons. The van der Waals surface area contributed by atoms with Crippen molar-refractivity contribution in [3.63, 3.8) is 0 Å². The molecule has 1 unspecified atom stereocenters. The van der Waals surface area contributed by atoms with Gasteiger partial charge in [-0.25, -0.2) is 4.98 Å². The Morgan fingerprint density at radius 2 is 1.95 bits per heavy atom. The van der Waals surface area contributed by atoms with Crippen LogP contribution in [0.4, 0.5) is 11.6 Å². The van der Waals surface area contributed by atoms with Crippen LogP contribution in [0.1, 0.15) is 66.7 Å². The quantitative estimate of drug-likeness (QED) is 0.566.